The highest BCUT2D eigenvalue weighted by molar-refractivity contribution is 5.11. The molecular weight excluding hydrogens is 250 g/mol. The van der Waals surface area contributed by atoms with Crippen LogP contribution in [0.15, 0.2) is 0 Å². The zero-order chi connectivity index (χ0) is 15.0. The molecule has 0 amide bonds. The van der Waals surface area contributed by atoms with Crippen LogP contribution >= 0.6 is 0 Å². The molecule has 2 N–H and O–H groups in total. The maximum atomic E-state index is 10.0. The zero-order valence-electron chi connectivity index (χ0n) is 13.9. The molecule has 2 saturated carbocycles. The molecule has 0 aromatic rings. The number of ether oxygens (including phenoxy) is 1. The molecule has 2 fully saturated rings. The van der Waals surface area contributed by atoms with Gasteiger partial charge in [0.2, 0.25) is 0 Å². The Kier molecular flexibility index (Phi) is 4.83. The van der Waals surface area contributed by atoms with Gasteiger partial charge in [-0.1, -0.05) is 34.6 Å². The van der Waals surface area contributed by atoms with E-state index in [1.54, 1.807) is 0 Å². The van der Waals surface area contributed by atoms with Gasteiger partial charge in [-0.05, 0) is 48.5 Å². The first-order valence-electron chi connectivity index (χ1n) is 8.27. The molecule has 4 atom stereocenters. The van der Waals surface area contributed by atoms with Crippen molar-refractivity contribution in [3.63, 3.8) is 0 Å². The average Bonchev–Trinajstić information content (AvgIpc) is 2.68. The molecule has 0 spiro atoms. The summed E-state index contributed by atoms with van der Waals surface area (Å²) < 4.78 is 6.10. The third-order valence-corrected chi connectivity index (χ3v) is 6.14. The lowest BCUT2D eigenvalue weighted by atomic mass is 9.70. The van der Waals surface area contributed by atoms with Crippen molar-refractivity contribution in [3.8, 4) is 0 Å². The van der Waals surface area contributed by atoms with E-state index in [4.69, 9.17) is 4.74 Å². The van der Waals surface area contributed by atoms with Gasteiger partial charge in [0, 0.05) is 6.54 Å². The van der Waals surface area contributed by atoms with Crippen LogP contribution in [0.2, 0.25) is 0 Å². The van der Waals surface area contributed by atoms with E-state index in [0.717, 1.165) is 12.5 Å². The second kappa shape index (κ2) is 5.94. The number of nitrogens with one attached hydrogen (secondary N) is 1. The van der Waals surface area contributed by atoms with Crippen LogP contribution in [0, 0.1) is 22.7 Å². The Morgan fingerprint density at radius 3 is 2.45 bits per heavy atom. The van der Waals surface area contributed by atoms with E-state index in [9.17, 15) is 5.11 Å². The van der Waals surface area contributed by atoms with Crippen molar-refractivity contribution >= 4 is 0 Å². The molecular formula is C17H33NO2. The normalized spacial score (nSPS) is 36.8. The van der Waals surface area contributed by atoms with Crippen molar-refractivity contribution < 1.29 is 9.84 Å². The number of aliphatic hydroxyl groups is 1. The molecule has 0 radical (unpaired) electrons. The van der Waals surface area contributed by atoms with Crippen LogP contribution in [0.5, 0.6) is 0 Å². The molecule has 3 nitrogen and oxygen atoms in total. The minimum Gasteiger partial charge on any atom is -0.389 e. The van der Waals surface area contributed by atoms with E-state index >= 15 is 0 Å². The third kappa shape index (κ3) is 2.90. The van der Waals surface area contributed by atoms with Gasteiger partial charge in [-0.2, -0.15) is 0 Å². The minimum atomic E-state index is -0.389. The van der Waals surface area contributed by atoms with Crippen LogP contribution in [-0.4, -0.2) is 37.0 Å². The number of aliphatic hydroxyl groups excluding tert-OH is 1. The van der Waals surface area contributed by atoms with E-state index in [2.05, 4.69) is 39.9 Å². The largest absolute Gasteiger partial charge is 0.389 e. The predicted molar refractivity (Wildman–Crippen MR) is 82.7 cm³/mol. The fraction of sp³-hybridized carbons (Fsp3) is 1.00. The lowest BCUT2D eigenvalue weighted by Crippen LogP contribution is -2.40. The second-order valence-corrected chi connectivity index (χ2v) is 8.14. The van der Waals surface area contributed by atoms with Crippen LogP contribution in [0.1, 0.15) is 53.9 Å². The van der Waals surface area contributed by atoms with Gasteiger partial charge in [0.25, 0.3) is 0 Å². The summed E-state index contributed by atoms with van der Waals surface area (Å²) in [5.74, 6) is 1.42. The van der Waals surface area contributed by atoms with E-state index in [-0.39, 0.29) is 6.10 Å². The Morgan fingerprint density at radius 2 is 1.95 bits per heavy atom. The molecule has 2 bridgehead atoms. The molecule has 0 saturated heterocycles. The predicted octanol–water partition coefficient (Wildman–Crippen LogP) is 2.82. The summed E-state index contributed by atoms with van der Waals surface area (Å²) in [6.07, 6.45) is 3.74. The van der Waals surface area contributed by atoms with Gasteiger partial charge in [-0.15, -0.1) is 0 Å². The molecule has 2 aliphatic rings. The van der Waals surface area contributed by atoms with Crippen molar-refractivity contribution in [3.05, 3.63) is 0 Å². The Bertz CT molecular complexity index is 329. The topological polar surface area (TPSA) is 41.5 Å². The fourth-order valence-corrected chi connectivity index (χ4v) is 4.21. The molecule has 0 unspecified atom stereocenters. The number of fused-ring (bicyclic) bond motifs is 2. The highest BCUT2D eigenvalue weighted by atomic mass is 16.5. The number of rotatable bonds is 7. The van der Waals surface area contributed by atoms with Gasteiger partial charge in [0.05, 0.1) is 18.8 Å². The first-order valence-corrected chi connectivity index (χ1v) is 8.27. The highest BCUT2D eigenvalue weighted by Gasteiger charge is 2.61. The molecule has 20 heavy (non-hydrogen) atoms. The van der Waals surface area contributed by atoms with E-state index in [0.29, 0.717) is 36.0 Å². The molecule has 0 aromatic carbocycles. The van der Waals surface area contributed by atoms with Crippen LogP contribution in [0.3, 0.4) is 0 Å². The summed E-state index contributed by atoms with van der Waals surface area (Å²) >= 11 is 0. The van der Waals surface area contributed by atoms with Crippen molar-refractivity contribution in [2.75, 3.05) is 19.7 Å². The summed E-state index contributed by atoms with van der Waals surface area (Å²) in [4.78, 5) is 0. The Balaban J connectivity index is 1.75. The third-order valence-electron chi connectivity index (χ3n) is 6.14. The van der Waals surface area contributed by atoms with Crippen molar-refractivity contribution in [1.29, 1.82) is 0 Å². The molecule has 0 aliphatic heterocycles. The molecule has 3 heteroatoms. The Hall–Kier alpha value is -0.120. The SMILES string of the molecule is CC(C)CNC[C@@H](O)CO[C@@H]1C[C@@H]2CC[C@]1(C)C2(C)C. The van der Waals surface area contributed by atoms with E-state index in [1.165, 1.54) is 19.3 Å². The quantitative estimate of drug-likeness (QED) is 0.755. The van der Waals surface area contributed by atoms with Crippen LogP contribution in [0.25, 0.3) is 0 Å². The first kappa shape index (κ1) is 16.3. The molecule has 0 heterocycles. The fourth-order valence-electron chi connectivity index (χ4n) is 4.21. The second-order valence-electron chi connectivity index (χ2n) is 8.14. The maximum absolute atomic E-state index is 10.0. The number of hydrogen-bond donors (Lipinski definition) is 2. The summed E-state index contributed by atoms with van der Waals surface area (Å²) in [6.45, 7) is 13.6. The van der Waals surface area contributed by atoms with Gasteiger partial charge in [0.15, 0.2) is 0 Å². The van der Waals surface area contributed by atoms with Gasteiger partial charge in [-0.3, -0.25) is 0 Å². The van der Waals surface area contributed by atoms with Crippen LogP contribution < -0.4 is 5.32 Å². The molecule has 2 aliphatic carbocycles. The van der Waals surface area contributed by atoms with E-state index < -0.39 is 0 Å². The highest BCUT2D eigenvalue weighted by Crippen LogP contribution is 2.66. The average molecular weight is 283 g/mol. The molecule has 2 rings (SSSR count). The van der Waals surface area contributed by atoms with Gasteiger partial charge in [-0.25, -0.2) is 0 Å². The van der Waals surface area contributed by atoms with Crippen LogP contribution in [0.4, 0.5) is 0 Å². The van der Waals surface area contributed by atoms with Crippen molar-refractivity contribution in [2.24, 2.45) is 22.7 Å². The smallest absolute Gasteiger partial charge is 0.0897 e. The Labute approximate surface area is 124 Å². The lowest BCUT2D eigenvalue weighted by molar-refractivity contribution is -0.0742. The van der Waals surface area contributed by atoms with Gasteiger partial charge < -0.3 is 15.2 Å². The zero-order valence-corrected chi connectivity index (χ0v) is 13.9. The van der Waals surface area contributed by atoms with Crippen molar-refractivity contribution in [2.45, 2.75) is 66.1 Å². The summed E-state index contributed by atoms with van der Waals surface area (Å²) in [5.41, 5.74) is 0.682. The standard InChI is InChI=1S/C17H33NO2/c1-12(2)9-18-10-14(19)11-20-15-8-13-6-7-17(15,5)16(13,3)4/h12-15,18-19H,6-11H2,1-5H3/t13-,14+,15+,17-/m0/s1. The van der Waals surface area contributed by atoms with Gasteiger partial charge >= 0.3 is 0 Å². The summed E-state index contributed by atoms with van der Waals surface area (Å²) in [5, 5.41) is 13.3. The monoisotopic (exact) mass is 283 g/mol. The molecule has 0 aromatic heterocycles. The Morgan fingerprint density at radius 1 is 1.25 bits per heavy atom. The molecule has 118 valence electrons. The van der Waals surface area contributed by atoms with Crippen molar-refractivity contribution in [1.82, 2.24) is 5.32 Å². The minimum absolute atomic E-state index is 0.294. The summed E-state index contributed by atoms with van der Waals surface area (Å²) in [7, 11) is 0. The summed E-state index contributed by atoms with van der Waals surface area (Å²) in [6, 6.07) is 0. The van der Waals surface area contributed by atoms with E-state index in [1.807, 2.05) is 0 Å². The lowest BCUT2D eigenvalue weighted by Gasteiger charge is -2.39. The van der Waals surface area contributed by atoms with Crippen LogP contribution in [-0.2, 0) is 4.74 Å². The first-order chi connectivity index (χ1) is 9.27. The van der Waals surface area contributed by atoms with Gasteiger partial charge in [0.1, 0.15) is 0 Å². The number of hydrogen-bond acceptors (Lipinski definition) is 3. The maximum Gasteiger partial charge on any atom is 0.0897 e.